The topological polar surface area (TPSA) is 112 Å². The zero-order valence-corrected chi connectivity index (χ0v) is 19.2. The maximum absolute atomic E-state index is 12.8. The number of hydrogen-bond acceptors (Lipinski definition) is 6. The van der Waals surface area contributed by atoms with Crippen molar-refractivity contribution in [1.82, 2.24) is 14.9 Å². The first-order chi connectivity index (χ1) is 15.9. The Balaban J connectivity index is 1.69. The number of aryl methyl sites for hydroxylation is 1. The van der Waals surface area contributed by atoms with E-state index in [9.17, 15) is 14.9 Å². The molecule has 1 atom stereocenters. The number of nitrogens with one attached hydrogen (secondary N) is 3. The van der Waals surface area contributed by atoms with E-state index in [-0.39, 0.29) is 28.2 Å². The Labute approximate surface area is 196 Å². The highest BCUT2D eigenvalue weighted by Crippen LogP contribution is 2.32. The standard InChI is InChI=1S/C24H25ClN6O2/c1-14(24(33)29-15-6-3-4-7-15)28-20-12-21(32)31(2)22-16(20)8-5-9-19(22)30-18-10-11-27-23(25)17(18)13-26/h5,8-12,14-15,28H,3-4,6-7H2,1-2H3,(H,27,30)(H,29,33)/t14-/m1/s1. The fourth-order valence-electron chi connectivity index (χ4n) is 4.24. The van der Waals surface area contributed by atoms with Crippen LogP contribution in [0.4, 0.5) is 17.1 Å². The molecule has 3 aromatic rings. The number of pyridine rings is 2. The Morgan fingerprint density at radius 3 is 2.73 bits per heavy atom. The van der Waals surface area contributed by atoms with E-state index in [1.807, 2.05) is 18.2 Å². The van der Waals surface area contributed by atoms with Gasteiger partial charge in [0.25, 0.3) is 5.56 Å². The summed E-state index contributed by atoms with van der Waals surface area (Å²) < 4.78 is 1.53. The van der Waals surface area contributed by atoms with Gasteiger partial charge in [-0.1, -0.05) is 36.6 Å². The van der Waals surface area contributed by atoms with E-state index in [4.69, 9.17) is 11.6 Å². The number of rotatable bonds is 6. The summed E-state index contributed by atoms with van der Waals surface area (Å²) in [7, 11) is 1.68. The quantitative estimate of drug-likeness (QED) is 0.474. The summed E-state index contributed by atoms with van der Waals surface area (Å²) in [6.45, 7) is 1.79. The number of para-hydroxylation sites is 1. The SMILES string of the molecule is C[C@@H](Nc1cc(=O)n(C)c2c(Nc3ccnc(Cl)c3C#N)cccc12)C(=O)NC1CCCC1. The molecule has 1 aliphatic rings. The molecule has 1 aromatic carbocycles. The van der Waals surface area contributed by atoms with E-state index in [0.717, 1.165) is 31.1 Å². The Morgan fingerprint density at radius 2 is 2.00 bits per heavy atom. The van der Waals surface area contributed by atoms with Crippen LogP contribution in [0.15, 0.2) is 41.3 Å². The summed E-state index contributed by atoms with van der Waals surface area (Å²) >= 11 is 6.07. The molecule has 0 aliphatic heterocycles. The Hall–Kier alpha value is -3.57. The molecule has 170 valence electrons. The second kappa shape index (κ2) is 9.51. The fourth-order valence-corrected chi connectivity index (χ4v) is 4.44. The number of carbonyl (C=O) groups is 1. The highest BCUT2D eigenvalue weighted by molar-refractivity contribution is 6.31. The monoisotopic (exact) mass is 464 g/mol. The zero-order chi connectivity index (χ0) is 23.5. The molecule has 3 N–H and O–H groups in total. The number of halogens is 1. The summed E-state index contributed by atoms with van der Waals surface area (Å²) in [5.41, 5.74) is 2.30. The van der Waals surface area contributed by atoms with Crippen molar-refractivity contribution in [3.63, 3.8) is 0 Å². The maximum atomic E-state index is 12.8. The van der Waals surface area contributed by atoms with Crippen LogP contribution in [-0.2, 0) is 11.8 Å². The number of nitrogens with zero attached hydrogens (tertiary/aromatic N) is 3. The van der Waals surface area contributed by atoms with Crippen molar-refractivity contribution >= 4 is 45.5 Å². The lowest BCUT2D eigenvalue weighted by Crippen LogP contribution is -2.42. The van der Waals surface area contributed by atoms with E-state index in [1.165, 1.54) is 16.8 Å². The third kappa shape index (κ3) is 4.64. The van der Waals surface area contributed by atoms with E-state index in [0.29, 0.717) is 22.6 Å². The number of aromatic nitrogens is 2. The average molecular weight is 465 g/mol. The molecule has 1 saturated carbocycles. The van der Waals surface area contributed by atoms with Crippen LogP contribution in [0.3, 0.4) is 0 Å². The van der Waals surface area contributed by atoms with Crippen LogP contribution in [-0.4, -0.2) is 27.5 Å². The highest BCUT2D eigenvalue weighted by atomic mass is 35.5. The second-order valence-corrected chi connectivity index (χ2v) is 8.63. The van der Waals surface area contributed by atoms with E-state index >= 15 is 0 Å². The van der Waals surface area contributed by atoms with Crippen molar-refractivity contribution in [3.05, 3.63) is 57.6 Å². The second-order valence-electron chi connectivity index (χ2n) is 8.27. The first-order valence-electron chi connectivity index (χ1n) is 10.9. The molecule has 2 aromatic heterocycles. The van der Waals surface area contributed by atoms with Gasteiger partial charge in [0.1, 0.15) is 22.8 Å². The van der Waals surface area contributed by atoms with Crippen LogP contribution in [0.25, 0.3) is 10.9 Å². The van der Waals surface area contributed by atoms with Gasteiger partial charge in [-0.05, 0) is 31.9 Å². The molecular formula is C24H25ClN6O2. The summed E-state index contributed by atoms with van der Waals surface area (Å²) in [6.07, 6.45) is 5.79. The number of benzene rings is 1. The lowest BCUT2D eigenvalue weighted by molar-refractivity contribution is -0.122. The minimum absolute atomic E-state index is 0.0879. The molecule has 33 heavy (non-hydrogen) atoms. The van der Waals surface area contributed by atoms with Gasteiger partial charge in [0, 0.05) is 36.4 Å². The zero-order valence-electron chi connectivity index (χ0n) is 18.5. The van der Waals surface area contributed by atoms with Crippen molar-refractivity contribution in [1.29, 1.82) is 5.26 Å². The summed E-state index contributed by atoms with van der Waals surface area (Å²) in [5.74, 6) is -0.0879. The molecule has 2 heterocycles. The third-order valence-electron chi connectivity index (χ3n) is 6.01. The van der Waals surface area contributed by atoms with Crippen molar-refractivity contribution in [3.8, 4) is 6.07 Å². The molecule has 0 bridgehead atoms. The van der Waals surface area contributed by atoms with Crippen molar-refractivity contribution < 1.29 is 4.79 Å². The Bertz CT molecular complexity index is 1310. The number of anilines is 3. The van der Waals surface area contributed by atoms with Gasteiger partial charge < -0.3 is 20.5 Å². The molecule has 4 rings (SSSR count). The van der Waals surface area contributed by atoms with E-state index in [1.54, 1.807) is 20.0 Å². The van der Waals surface area contributed by atoms with Crippen molar-refractivity contribution in [2.45, 2.75) is 44.7 Å². The fraction of sp³-hybridized carbons (Fsp3) is 0.333. The average Bonchev–Trinajstić information content (AvgIpc) is 3.30. The summed E-state index contributed by atoms with van der Waals surface area (Å²) in [6, 6.07) is 10.5. The van der Waals surface area contributed by atoms with Crippen molar-refractivity contribution in [2.24, 2.45) is 7.05 Å². The number of hydrogen-bond donors (Lipinski definition) is 3. The van der Waals surface area contributed by atoms with Crippen LogP contribution in [0.5, 0.6) is 0 Å². The normalized spacial score (nSPS) is 14.6. The molecule has 1 fully saturated rings. The molecule has 9 heteroatoms. The first kappa shape index (κ1) is 22.6. The lowest BCUT2D eigenvalue weighted by atomic mass is 10.1. The molecule has 0 saturated heterocycles. The minimum atomic E-state index is -0.512. The van der Waals surface area contributed by atoms with Gasteiger partial charge >= 0.3 is 0 Å². The van der Waals surface area contributed by atoms with Gasteiger partial charge in [-0.15, -0.1) is 0 Å². The van der Waals surface area contributed by atoms with Gasteiger partial charge in [-0.25, -0.2) is 4.98 Å². The van der Waals surface area contributed by atoms with Crippen LogP contribution >= 0.6 is 11.6 Å². The summed E-state index contributed by atoms with van der Waals surface area (Å²) in [5, 5.41) is 19.8. The third-order valence-corrected chi connectivity index (χ3v) is 6.30. The van der Waals surface area contributed by atoms with Gasteiger partial charge in [0.15, 0.2) is 0 Å². The maximum Gasteiger partial charge on any atom is 0.252 e. The largest absolute Gasteiger partial charge is 0.373 e. The molecule has 1 amide bonds. The molecule has 1 aliphatic carbocycles. The van der Waals surface area contributed by atoms with Crippen LogP contribution in [0.2, 0.25) is 5.15 Å². The Morgan fingerprint density at radius 1 is 1.24 bits per heavy atom. The molecule has 0 radical (unpaired) electrons. The minimum Gasteiger partial charge on any atom is -0.373 e. The van der Waals surface area contributed by atoms with Gasteiger partial charge in [-0.3, -0.25) is 9.59 Å². The summed E-state index contributed by atoms with van der Waals surface area (Å²) in [4.78, 5) is 29.4. The van der Waals surface area contributed by atoms with Gasteiger partial charge in [-0.2, -0.15) is 5.26 Å². The molecule has 0 spiro atoms. The number of fused-ring (bicyclic) bond motifs is 1. The Kier molecular flexibility index (Phi) is 6.52. The number of amides is 1. The molecular weight excluding hydrogens is 440 g/mol. The lowest BCUT2D eigenvalue weighted by Gasteiger charge is -2.21. The van der Waals surface area contributed by atoms with Crippen LogP contribution < -0.4 is 21.5 Å². The molecule has 0 unspecified atom stereocenters. The predicted molar refractivity (Wildman–Crippen MR) is 130 cm³/mol. The first-order valence-corrected chi connectivity index (χ1v) is 11.3. The van der Waals surface area contributed by atoms with Gasteiger partial charge in [0.05, 0.1) is 16.9 Å². The predicted octanol–water partition coefficient (Wildman–Crippen LogP) is 4.06. The smallest absolute Gasteiger partial charge is 0.252 e. The number of nitriles is 1. The highest BCUT2D eigenvalue weighted by Gasteiger charge is 2.22. The van der Waals surface area contributed by atoms with Crippen molar-refractivity contribution in [2.75, 3.05) is 10.6 Å². The van der Waals surface area contributed by atoms with E-state index in [2.05, 4.69) is 27.0 Å². The van der Waals surface area contributed by atoms with Gasteiger partial charge in [0.2, 0.25) is 5.91 Å². The van der Waals surface area contributed by atoms with E-state index < -0.39 is 6.04 Å². The van der Waals surface area contributed by atoms with Crippen LogP contribution in [0.1, 0.15) is 38.2 Å². The molecule has 8 nitrogen and oxygen atoms in total. The van der Waals surface area contributed by atoms with Crippen LogP contribution in [0, 0.1) is 11.3 Å². The number of carbonyl (C=O) groups excluding carboxylic acids is 1.